The van der Waals surface area contributed by atoms with Crippen molar-refractivity contribution in [3.05, 3.63) is 35.9 Å². The van der Waals surface area contributed by atoms with Gasteiger partial charge in [-0.15, -0.1) is 0 Å². The average molecular weight is 260 g/mol. The highest BCUT2D eigenvalue weighted by molar-refractivity contribution is 5.65. The minimum Gasteiger partial charge on any atom is -0.465 e. The molecule has 1 saturated carbocycles. The molecule has 1 aliphatic carbocycles. The Balaban J connectivity index is 1.69. The molecule has 102 valence electrons. The van der Waals surface area contributed by atoms with Gasteiger partial charge in [0, 0.05) is 25.2 Å². The van der Waals surface area contributed by atoms with Crippen molar-refractivity contribution in [2.24, 2.45) is 5.92 Å². The van der Waals surface area contributed by atoms with Crippen LogP contribution in [0.25, 0.3) is 0 Å². The van der Waals surface area contributed by atoms with Crippen molar-refractivity contribution in [2.45, 2.75) is 37.9 Å². The molecule has 3 rings (SSSR count). The van der Waals surface area contributed by atoms with Crippen LogP contribution in [0.2, 0.25) is 0 Å². The molecule has 0 bridgehead atoms. The Bertz CT molecular complexity index is 445. The van der Waals surface area contributed by atoms with Gasteiger partial charge in [-0.3, -0.25) is 4.90 Å². The van der Waals surface area contributed by atoms with Gasteiger partial charge in [-0.2, -0.15) is 0 Å². The van der Waals surface area contributed by atoms with E-state index < -0.39 is 6.09 Å². The van der Waals surface area contributed by atoms with Gasteiger partial charge in [-0.25, -0.2) is 4.79 Å². The summed E-state index contributed by atoms with van der Waals surface area (Å²) in [5, 5.41) is 11.6. The lowest BCUT2D eigenvalue weighted by Gasteiger charge is -2.28. The third-order valence-electron chi connectivity index (χ3n) is 4.20. The van der Waals surface area contributed by atoms with Crippen LogP contribution in [-0.2, 0) is 6.54 Å². The van der Waals surface area contributed by atoms with Gasteiger partial charge in [0.15, 0.2) is 0 Å². The van der Waals surface area contributed by atoms with Crippen LogP contribution in [0.15, 0.2) is 30.3 Å². The molecule has 0 aromatic heterocycles. The van der Waals surface area contributed by atoms with Crippen LogP contribution in [-0.4, -0.2) is 34.7 Å². The zero-order chi connectivity index (χ0) is 13.2. The summed E-state index contributed by atoms with van der Waals surface area (Å²) in [4.78, 5) is 13.3. The Morgan fingerprint density at radius 2 is 2.00 bits per heavy atom. The summed E-state index contributed by atoms with van der Waals surface area (Å²) in [6.45, 7) is 1.92. The smallest absolute Gasteiger partial charge is 0.404 e. The molecule has 2 fully saturated rings. The van der Waals surface area contributed by atoms with Crippen molar-refractivity contribution in [1.82, 2.24) is 10.2 Å². The largest absolute Gasteiger partial charge is 0.465 e. The molecule has 1 amide bonds. The fourth-order valence-electron chi connectivity index (χ4n) is 3.26. The van der Waals surface area contributed by atoms with Crippen LogP contribution in [0.5, 0.6) is 0 Å². The molecule has 2 aliphatic rings. The molecule has 2 atom stereocenters. The van der Waals surface area contributed by atoms with Crippen LogP contribution < -0.4 is 5.32 Å². The number of benzene rings is 1. The second-order valence-electron chi connectivity index (χ2n) is 5.63. The number of hydrogen-bond donors (Lipinski definition) is 2. The lowest BCUT2D eigenvalue weighted by molar-refractivity contribution is 0.173. The van der Waals surface area contributed by atoms with Crippen LogP contribution in [0.1, 0.15) is 24.8 Å². The molecule has 1 saturated heterocycles. The third-order valence-corrected chi connectivity index (χ3v) is 4.20. The van der Waals surface area contributed by atoms with E-state index in [1.54, 1.807) is 0 Å². The van der Waals surface area contributed by atoms with Gasteiger partial charge in [-0.05, 0) is 30.7 Å². The molecule has 1 aromatic rings. The maximum absolute atomic E-state index is 10.9. The van der Waals surface area contributed by atoms with Crippen LogP contribution in [0.3, 0.4) is 0 Å². The maximum atomic E-state index is 10.9. The number of nitrogens with zero attached hydrogens (tertiary/aromatic N) is 1. The third kappa shape index (κ3) is 2.89. The van der Waals surface area contributed by atoms with Crippen molar-refractivity contribution in [3.8, 4) is 0 Å². The molecule has 0 radical (unpaired) electrons. The van der Waals surface area contributed by atoms with Crippen LogP contribution in [0, 0.1) is 5.92 Å². The van der Waals surface area contributed by atoms with E-state index in [0.717, 1.165) is 19.5 Å². The van der Waals surface area contributed by atoms with E-state index in [2.05, 4.69) is 34.5 Å². The van der Waals surface area contributed by atoms with E-state index in [4.69, 9.17) is 5.11 Å². The van der Waals surface area contributed by atoms with Gasteiger partial charge < -0.3 is 10.4 Å². The zero-order valence-corrected chi connectivity index (χ0v) is 11.0. The first kappa shape index (κ1) is 12.5. The van der Waals surface area contributed by atoms with Crippen LogP contribution >= 0.6 is 0 Å². The lowest BCUT2D eigenvalue weighted by Crippen LogP contribution is -2.45. The highest BCUT2D eigenvalue weighted by Crippen LogP contribution is 2.40. The molecule has 0 spiro atoms. The van der Waals surface area contributed by atoms with Crippen molar-refractivity contribution >= 4 is 6.09 Å². The van der Waals surface area contributed by atoms with Gasteiger partial charge >= 0.3 is 6.09 Å². The molecule has 19 heavy (non-hydrogen) atoms. The first-order valence-corrected chi connectivity index (χ1v) is 7.01. The number of nitrogens with one attached hydrogen (secondary N) is 1. The standard InChI is InChI=1S/C15H20N2O2/c18-15(19)16-13-8-9-17(14(13)12-6-7-12)10-11-4-2-1-3-5-11/h1-5,12-14,16H,6-10H2,(H,18,19)/t13-,14+/m1/s1. The highest BCUT2D eigenvalue weighted by atomic mass is 16.4. The molecule has 0 unspecified atom stereocenters. The normalized spacial score (nSPS) is 27.4. The predicted molar refractivity (Wildman–Crippen MR) is 72.9 cm³/mol. The van der Waals surface area contributed by atoms with Crippen molar-refractivity contribution < 1.29 is 9.90 Å². The Morgan fingerprint density at radius 1 is 1.26 bits per heavy atom. The molecule has 1 heterocycles. The second kappa shape index (κ2) is 5.21. The lowest BCUT2D eigenvalue weighted by atomic mass is 10.0. The summed E-state index contributed by atoms with van der Waals surface area (Å²) in [7, 11) is 0. The highest BCUT2D eigenvalue weighted by Gasteiger charge is 2.44. The Kier molecular flexibility index (Phi) is 3.42. The van der Waals surface area contributed by atoms with E-state index in [-0.39, 0.29) is 6.04 Å². The molecule has 1 aromatic carbocycles. The summed E-state index contributed by atoms with van der Waals surface area (Å²) in [6.07, 6.45) is 2.53. The first-order valence-electron chi connectivity index (χ1n) is 7.01. The number of carboxylic acid groups (broad SMARTS) is 1. The summed E-state index contributed by atoms with van der Waals surface area (Å²) < 4.78 is 0. The molecular formula is C15H20N2O2. The molecular weight excluding hydrogens is 240 g/mol. The van der Waals surface area contributed by atoms with Gasteiger partial charge in [-0.1, -0.05) is 30.3 Å². The molecule has 1 aliphatic heterocycles. The van der Waals surface area contributed by atoms with Gasteiger partial charge in [0.1, 0.15) is 0 Å². The molecule has 2 N–H and O–H groups in total. The number of amides is 1. The van der Waals surface area contributed by atoms with Crippen molar-refractivity contribution in [1.29, 1.82) is 0 Å². The van der Waals surface area contributed by atoms with Crippen molar-refractivity contribution in [2.75, 3.05) is 6.54 Å². The van der Waals surface area contributed by atoms with E-state index in [1.165, 1.54) is 18.4 Å². The number of likely N-dealkylation sites (tertiary alicyclic amines) is 1. The molecule has 4 nitrogen and oxygen atoms in total. The van der Waals surface area contributed by atoms with Gasteiger partial charge in [0.2, 0.25) is 0 Å². The number of rotatable bonds is 4. The van der Waals surface area contributed by atoms with E-state index in [1.807, 2.05) is 6.07 Å². The monoisotopic (exact) mass is 260 g/mol. The number of carbonyl (C=O) groups is 1. The fraction of sp³-hybridized carbons (Fsp3) is 0.533. The summed E-state index contributed by atoms with van der Waals surface area (Å²) in [5.74, 6) is 0.683. The zero-order valence-electron chi connectivity index (χ0n) is 11.0. The Hall–Kier alpha value is -1.55. The first-order chi connectivity index (χ1) is 9.24. The topological polar surface area (TPSA) is 52.6 Å². The summed E-state index contributed by atoms with van der Waals surface area (Å²) >= 11 is 0. The van der Waals surface area contributed by atoms with Crippen LogP contribution in [0.4, 0.5) is 4.79 Å². The molecule has 4 heteroatoms. The van der Waals surface area contributed by atoms with E-state index in [0.29, 0.717) is 12.0 Å². The average Bonchev–Trinajstić information content (AvgIpc) is 3.15. The van der Waals surface area contributed by atoms with Gasteiger partial charge in [0.05, 0.1) is 0 Å². The fourth-order valence-corrected chi connectivity index (χ4v) is 3.26. The van der Waals surface area contributed by atoms with Crippen molar-refractivity contribution in [3.63, 3.8) is 0 Å². The van der Waals surface area contributed by atoms with Gasteiger partial charge in [0.25, 0.3) is 0 Å². The summed E-state index contributed by atoms with van der Waals surface area (Å²) in [5.41, 5.74) is 1.31. The second-order valence-corrected chi connectivity index (χ2v) is 5.63. The maximum Gasteiger partial charge on any atom is 0.404 e. The Labute approximate surface area is 113 Å². The number of hydrogen-bond acceptors (Lipinski definition) is 2. The SMILES string of the molecule is O=C(O)N[C@@H]1CCN(Cc2ccccc2)[C@H]1C1CC1. The minimum atomic E-state index is -0.891. The minimum absolute atomic E-state index is 0.105. The van der Waals surface area contributed by atoms with E-state index >= 15 is 0 Å². The summed E-state index contributed by atoms with van der Waals surface area (Å²) in [6, 6.07) is 10.9. The van der Waals surface area contributed by atoms with E-state index in [9.17, 15) is 4.79 Å². The predicted octanol–water partition coefficient (Wildman–Crippen LogP) is 2.31. The Morgan fingerprint density at radius 3 is 2.63 bits per heavy atom. The quantitative estimate of drug-likeness (QED) is 0.873.